The molecule has 1 aromatic carbocycles. The van der Waals surface area contributed by atoms with Crippen LogP contribution in [-0.2, 0) is 9.59 Å². The van der Waals surface area contributed by atoms with Crippen LogP contribution in [0.25, 0.3) is 0 Å². The molecule has 1 fully saturated rings. The average molecular weight is 358 g/mol. The van der Waals surface area contributed by atoms with E-state index in [9.17, 15) is 9.59 Å². The molecule has 0 saturated carbocycles. The molecule has 4 nitrogen and oxygen atoms in total. The van der Waals surface area contributed by atoms with Gasteiger partial charge in [-0.05, 0) is 37.6 Å². The SMILES string of the molecule is CC1C(C(=O)O)CCN1C(=O)CSc1ccc(Br)cc1. The number of nitrogens with zero attached hydrogens (tertiary/aromatic N) is 1. The van der Waals surface area contributed by atoms with Crippen molar-refractivity contribution in [3.63, 3.8) is 0 Å². The molecule has 1 aliphatic rings. The van der Waals surface area contributed by atoms with Crippen molar-refractivity contribution in [1.82, 2.24) is 4.90 Å². The molecule has 1 saturated heterocycles. The van der Waals surface area contributed by atoms with E-state index >= 15 is 0 Å². The van der Waals surface area contributed by atoms with Crippen LogP contribution in [0.5, 0.6) is 0 Å². The second-order valence-corrected chi connectivity index (χ2v) is 6.77. The summed E-state index contributed by atoms with van der Waals surface area (Å²) in [5.74, 6) is -0.891. The summed E-state index contributed by atoms with van der Waals surface area (Å²) >= 11 is 4.84. The number of carboxylic acid groups (broad SMARTS) is 1. The molecule has 2 atom stereocenters. The maximum Gasteiger partial charge on any atom is 0.308 e. The molecule has 20 heavy (non-hydrogen) atoms. The average Bonchev–Trinajstić information content (AvgIpc) is 2.80. The van der Waals surface area contributed by atoms with Gasteiger partial charge < -0.3 is 10.0 Å². The normalized spacial score (nSPS) is 22.0. The predicted octanol–water partition coefficient (Wildman–Crippen LogP) is 2.86. The molecule has 1 amide bonds. The minimum Gasteiger partial charge on any atom is -0.481 e. The molecule has 1 heterocycles. The standard InChI is InChI=1S/C14H16BrNO3S/c1-9-12(14(18)19)6-7-16(9)13(17)8-20-11-4-2-10(15)3-5-11/h2-5,9,12H,6-8H2,1H3,(H,18,19). The highest BCUT2D eigenvalue weighted by Gasteiger charge is 2.37. The number of aliphatic carboxylic acids is 1. The first-order valence-electron chi connectivity index (χ1n) is 6.39. The van der Waals surface area contributed by atoms with Crippen LogP contribution in [0.3, 0.4) is 0 Å². The van der Waals surface area contributed by atoms with Crippen LogP contribution in [0.4, 0.5) is 0 Å². The minimum atomic E-state index is -0.812. The monoisotopic (exact) mass is 357 g/mol. The van der Waals surface area contributed by atoms with E-state index in [0.717, 1.165) is 9.37 Å². The molecule has 0 radical (unpaired) electrons. The third kappa shape index (κ3) is 3.55. The molecule has 6 heteroatoms. The lowest BCUT2D eigenvalue weighted by Crippen LogP contribution is -2.38. The van der Waals surface area contributed by atoms with E-state index in [1.54, 1.807) is 4.90 Å². The van der Waals surface area contributed by atoms with E-state index < -0.39 is 11.9 Å². The molecule has 108 valence electrons. The molecule has 1 N–H and O–H groups in total. The third-order valence-corrected chi connectivity index (χ3v) is 5.09. The van der Waals surface area contributed by atoms with E-state index in [0.29, 0.717) is 18.7 Å². The molecule has 1 aromatic rings. The molecule has 1 aliphatic heterocycles. The molecule has 0 aliphatic carbocycles. The van der Waals surface area contributed by atoms with Gasteiger partial charge in [-0.25, -0.2) is 0 Å². The maximum atomic E-state index is 12.2. The van der Waals surface area contributed by atoms with Gasteiger partial charge in [0.05, 0.1) is 11.7 Å². The van der Waals surface area contributed by atoms with Gasteiger partial charge in [-0.1, -0.05) is 15.9 Å². The maximum absolute atomic E-state index is 12.2. The fourth-order valence-electron chi connectivity index (χ4n) is 2.38. The molecule has 2 unspecified atom stereocenters. The van der Waals surface area contributed by atoms with Crippen LogP contribution < -0.4 is 0 Å². The minimum absolute atomic E-state index is 0.00849. The quantitative estimate of drug-likeness (QED) is 0.841. The van der Waals surface area contributed by atoms with E-state index in [1.807, 2.05) is 31.2 Å². The fraction of sp³-hybridized carbons (Fsp3) is 0.429. The lowest BCUT2D eigenvalue weighted by atomic mass is 10.0. The Bertz CT molecular complexity index is 506. The number of hydrogen-bond donors (Lipinski definition) is 1. The summed E-state index contributed by atoms with van der Waals surface area (Å²) in [5.41, 5.74) is 0. The number of benzene rings is 1. The predicted molar refractivity (Wildman–Crippen MR) is 81.8 cm³/mol. The summed E-state index contributed by atoms with van der Waals surface area (Å²) < 4.78 is 1.01. The highest BCUT2D eigenvalue weighted by molar-refractivity contribution is 9.10. The number of thioether (sulfide) groups is 1. The topological polar surface area (TPSA) is 57.6 Å². The van der Waals surface area contributed by atoms with Gasteiger partial charge >= 0.3 is 5.97 Å². The largest absolute Gasteiger partial charge is 0.481 e. The van der Waals surface area contributed by atoms with E-state index in [1.165, 1.54) is 11.8 Å². The molecule has 2 rings (SSSR count). The Hall–Kier alpha value is -1.01. The summed E-state index contributed by atoms with van der Waals surface area (Å²) in [6.07, 6.45) is 0.547. The van der Waals surface area contributed by atoms with Gasteiger partial charge in [0.1, 0.15) is 0 Å². The number of likely N-dealkylation sites (tertiary alicyclic amines) is 1. The Morgan fingerprint density at radius 2 is 2.05 bits per heavy atom. The van der Waals surface area contributed by atoms with Crippen molar-refractivity contribution < 1.29 is 14.7 Å². The van der Waals surface area contributed by atoms with Crippen molar-refractivity contribution in [2.75, 3.05) is 12.3 Å². The molecular weight excluding hydrogens is 342 g/mol. The Morgan fingerprint density at radius 1 is 1.40 bits per heavy atom. The number of carbonyl (C=O) groups is 2. The number of hydrogen-bond acceptors (Lipinski definition) is 3. The van der Waals surface area contributed by atoms with Crippen molar-refractivity contribution >= 4 is 39.6 Å². The summed E-state index contributed by atoms with van der Waals surface area (Å²) in [7, 11) is 0. The van der Waals surface area contributed by atoms with Crippen molar-refractivity contribution in [3.8, 4) is 0 Å². The van der Waals surface area contributed by atoms with Crippen molar-refractivity contribution in [1.29, 1.82) is 0 Å². The zero-order valence-corrected chi connectivity index (χ0v) is 13.5. The number of carboxylic acids is 1. The van der Waals surface area contributed by atoms with E-state index in [4.69, 9.17) is 5.11 Å². The summed E-state index contributed by atoms with van der Waals surface area (Å²) in [5, 5.41) is 9.07. The second kappa shape index (κ2) is 6.63. The van der Waals surface area contributed by atoms with Crippen LogP contribution in [0, 0.1) is 5.92 Å². The Morgan fingerprint density at radius 3 is 2.60 bits per heavy atom. The lowest BCUT2D eigenvalue weighted by molar-refractivity contribution is -0.142. The second-order valence-electron chi connectivity index (χ2n) is 4.80. The third-order valence-electron chi connectivity index (χ3n) is 3.57. The van der Waals surface area contributed by atoms with Crippen LogP contribution in [0.15, 0.2) is 33.6 Å². The Kier molecular flexibility index (Phi) is 5.10. The van der Waals surface area contributed by atoms with Gasteiger partial charge in [0.25, 0.3) is 0 Å². The highest BCUT2D eigenvalue weighted by Crippen LogP contribution is 2.26. The molecule has 0 bridgehead atoms. The molecule has 0 spiro atoms. The zero-order valence-electron chi connectivity index (χ0n) is 11.1. The number of carbonyl (C=O) groups excluding carboxylic acids is 1. The van der Waals surface area contributed by atoms with Crippen LogP contribution >= 0.6 is 27.7 Å². The number of halogens is 1. The van der Waals surface area contributed by atoms with Crippen molar-refractivity contribution in [2.45, 2.75) is 24.3 Å². The first-order chi connectivity index (χ1) is 9.49. The van der Waals surface area contributed by atoms with Crippen molar-refractivity contribution in [2.24, 2.45) is 5.92 Å². The highest BCUT2D eigenvalue weighted by atomic mass is 79.9. The van der Waals surface area contributed by atoms with Gasteiger partial charge in [0.15, 0.2) is 0 Å². The summed E-state index contributed by atoms with van der Waals surface area (Å²) in [6, 6.07) is 7.56. The van der Waals surface area contributed by atoms with E-state index in [2.05, 4.69) is 15.9 Å². The van der Waals surface area contributed by atoms with Gasteiger partial charge in [-0.3, -0.25) is 9.59 Å². The van der Waals surface area contributed by atoms with Crippen molar-refractivity contribution in [3.05, 3.63) is 28.7 Å². The first kappa shape index (κ1) is 15.4. The van der Waals surface area contributed by atoms with Gasteiger partial charge in [-0.2, -0.15) is 0 Å². The van der Waals surface area contributed by atoms with Crippen LogP contribution in [-0.4, -0.2) is 40.2 Å². The summed E-state index contributed by atoms with van der Waals surface area (Å²) in [4.78, 5) is 25.9. The Labute approximate surface area is 130 Å². The van der Waals surface area contributed by atoms with Gasteiger partial charge in [0, 0.05) is 22.0 Å². The Balaban J connectivity index is 1.89. The smallest absolute Gasteiger partial charge is 0.308 e. The van der Waals surface area contributed by atoms with Crippen LogP contribution in [0.2, 0.25) is 0 Å². The number of rotatable bonds is 4. The van der Waals surface area contributed by atoms with E-state index in [-0.39, 0.29) is 11.9 Å². The number of amides is 1. The van der Waals surface area contributed by atoms with Gasteiger partial charge in [-0.15, -0.1) is 11.8 Å². The van der Waals surface area contributed by atoms with Crippen LogP contribution in [0.1, 0.15) is 13.3 Å². The lowest BCUT2D eigenvalue weighted by Gasteiger charge is -2.23. The zero-order chi connectivity index (χ0) is 14.7. The molecule has 0 aromatic heterocycles. The fourth-order valence-corrected chi connectivity index (χ4v) is 3.43. The first-order valence-corrected chi connectivity index (χ1v) is 8.17. The van der Waals surface area contributed by atoms with Gasteiger partial charge in [0.2, 0.25) is 5.91 Å². The molecular formula is C14H16BrNO3S. The summed E-state index contributed by atoms with van der Waals surface area (Å²) in [6.45, 7) is 2.35.